The Labute approximate surface area is 118 Å². The van der Waals surface area contributed by atoms with E-state index in [1.165, 1.54) is 4.88 Å². The lowest BCUT2D eigenvalue weighted by Crippen LogP contribution is -2.06. The Morgan fingerprint density at radius 1 is 1.42 bits per heavy atom. The highest BCUT2D eigenvalue weighted by atomic mass is 32.2. The summed E-state index contributed by atoms with van der Waals surface area (Å²) in [6.07, 6.45) is 4.55. The Balaban J connectivity index is 1.78. The van der Waals surface area contributed by atoms with Crippen LogP contribution in [-0.2, 0) is 6.42 Å². The second-order valence-corrected chi connectivity index (χ2v) is 5.76. The molecule has 7 heteroatoms. The average molecular weight is 291 g/mol. The number of rotatable bonds is 5. The SMILES string of the molecule is CSc1n[nH]c2ncnc(NCCc3cccs3)c12. The zero-order valence-electron chi connectivity index (χ0n) is 10.4. The number of nitrogens with zero attached hydrogens (tertiary/aromatic N) is 3. The number of thiophene rings is 1. The van der Waals surface area contributed by atoms with Crippen LogP contribution < -0.4 is 5.32 Å². The summed E-state index contributed by atoms with van der Waals surface area (Å²) >= 11 is 3.37. The van der Waals surface area contributed by atoms with Gasteiger partial charge in [-0.05, 0) is 24.1 Å². The number of nitrogens with one attached hydrogen (secondary N) is 2. The summed E-state index contributed by atoms with van der Waals surface area (Å²) in [6.45, 7) is 0.853. The molecule has 0 radical (unpaired) electrons. The van der Waals surface area contributed by atoms with E-state index in [-0.39, 0.29) is 0 Å². The molecule has 5 nitrogen and oxygen atoms in total. The molecule has 0 aromatic carbocycles. The van der Waals surface area contributed by atoms with Gasteiger partial charge in [-0.2, -0.15) is 5.10 Å². The molecule has 0 fully saturated rings. The number of anilines is 1. The number of thioether (sulfide) groups is 1. The fraction of sp³-hybridized carbons (Fsp3) is 0.250. The number of aromatic nitrogens is 4. The molecule has 0 atom stereocenters. The van der Waals surface area contributed by atoms with Gasteiger partial charge in [0.05, 0.1) is 5.39 Å². The smallest absolute Gasteiger partial charge is 0.161 e. The quantitative estimate of drug-likeness (QED) is 0.708. The van der Waals surface area contributed by atoms with Crippen molar-refractivity contribution < 1.29 is 0 Å². The van der Waals surface area contributed by atoms with Gasteiger partial charge in [0.15, 0.2) is 5.65 Å². The van der Waals surface area contributed by atoms with E-state index in [0.29, 0.717) is 0 Å². The van der Waals surface area contributed by atoms with Gasteiger partial charge in [-0.1, -0.05) is 6.07 Å². The highest BCUT2D eigenvalue weighted by Gasteiger charge is 2.11. The number of hydrogen-bond donors (Lipinski definition) is 2. The van der Waals surface area contributed by atoms with Gasteiger partial charge in [0, 0.05) is 11.4 Å². The highest BCUT2D eigenvalue weighted by molar-refractivity contribution is 7.98. The molecular weight excluding hydrogens is 278 g/mol. The molecule has 3 aromatic rings. The summed E-state index contributed by atoms with van der Waals surface area (Å²) in [5.41, 5.74) is 0.776. The Hall–Kier alpha value is -1.60. The second kappa shape index (κ2) is 5.58. The molecule has 19 heavy (non-hydrogen) atoms. The average Bonchev–Trinajstić information content (AvgIpc) is 3.07. The maximum absolute atomic E-state index is 4.31. The monoisotopic (exact) mass is 291 g/mol. The van der Waals surface area contributed by atoms with Crippen molar-refractivity contribution in [3.8, 4) is 0 Å². The Morgan fingerprint density at radius 3 is 3.16 bits per heavy atom. The lowest BCUT2D eigenvalue weighted by Gasteiger charge is -2.05. The predicted octanol–water partition coefficient (Wildman–Crippen LogP) is 2.79. The lowest BCUT2D eigenvalue weighted by molar-refractivity contribution is 1.02. The molecule has 0 saturated carbocycles. The normalized spacial score (nSPS) is 11.0. The summed E-state index contributed by atoms with van der Waals surface area (Å²) in [5, 5.41) is 14.5. The molecule has 0 aliphatic carbocycles. The van der Waals surface area contributed by atoms with Crippen LogP contribution in [0.3, 0.4) is 0 Å². The summed E-state index contributed by atoms with van der Waals surface area (Å²) in [7, 11) is 0. The molecule has 0 amide bonds. The van der Waals surface area contributed by atoms with Crippen molar-refractivity contribution in [2.24, 2.45) is 0 Å². The molecule has 3 rings (SSSR count). The minimum atomic E-state index is 0.776. The maximum Gasteiger partial charge on any atom is 0.161 e. The second-order valence-electron chi connectivity index (χ2n) is 3.93. The Morgan fingerprint density at radius 2 is 2.37 bits per heavy atom. The number of hydrogen-bond acceptors (Lipinski definition) is 6. The van der Waals surface area contributed by atoms with Gasteiger partial charge >= 0.3 is 0 Å². The van der Waals surface area contributed by atoms with E-state index in [0.717, 1.165) is 34.8 Å². The first-order valence-corrected chi connectivity index (χ1v) is 7.98. The fourth-order valence-corrected chi connectivity index (χ4v) is 3.12. The van der Waals surface area contributed by atoms with Crippen molar-refractivity contribution in [2.45, 2.75) is 11.4 Å². The standard InChI is InChI=1S/C12H13N5S2/c1-18-12-9-10(14-7-15-11(9)16-17-12)13-5-4-8-3-2-6-19-8/h2-3,6-7H,4-5H2,1H3,(H2,13,14,15,16,17). The van der Waals surface area contributed by atoms with Crippen molar-refractivity contribution >= 4 is 39.9 Å². The van der Waals surface area contributed by atoms with Gasteiger partial charge < -0.3 is 5.32 Å². The van der Waals surface area contributed by atoms with E-state index in [4.69, 9.17) is 0 Å². The van der Waals surface area contributed by atoms with E-state index >= 15 is 0 Å². The first-order chi connectivity index (χ1) is 9.38. The van der Waals surface area contributed by atoms with E-state index in [2.05, 4.69) is 43.0 Å². The van der Waals surface area contributed by atoms with Crippen LogP contribution in [-0.4, -0.2) is 33.0 Å². The van der Waals surface area contributed by atoms with Crippen LogP contribution in [0, 0.1) is 0 Å². The first kappa shape index (κ1) is 12.4. The zero-order valence-corrected chi connectivity index (χ0v) is 12.0. The van der Waals surface area contributed by atoms with Crippen molar-refractivity contribution in [3.63, 3.8) is 0 Å². The summed E-state index contributed by atoms with van der Waals surface area (Å²) in [5.74, 6) is 0.847. The van der Waals surface area contributed by atoms with Crippen molar-refractivity contribution in [1.29, 1.82) is 0 Å². The summed E-state index contributed by atoms with van der Waals surface area (Å²) in [4.78, 5) is 9.87. The molecule has 0 saturated heterocycles. The third-order valence-electron chi connectivity index (χ3n) is 2.76. The van der Waals surface area contributed by atoms with Gasteiger partial charge in [0.25, 0.3) is 0 Å². The van der Waals surface area contributed by atoms with E-state index in [9.17, 15) is 0 Å². The summed E-state index contributed by atoms with van der Waals surface area (Å²) in [6, 6.07) is 4.22. The van der Waals surface area contributed by atoms with Crippen LogP contribution in [0.15, 0.2) is 28.9 Å². The van der Waals surface area contributed by atoms with E-state index in [1.54, 1.807) is 29.4 Å². The molecule has 3 aromatic heterocycles. The largest absolute Gasteiger partial charge is 0.369 e. The molecule has 0 aliphatic rings. The van der Waals surface area contributed by atoms with Crippen molar-refractivity contribution in [3.05, 3.63) is 28.7 Å². The van der Waals surface area contributed by atoms with Gasteiger partial charge in [-0.3, -0.25) is 5.10 Å². The minimum Gasteiger partial charge on any atom is -0.369 e. The molecule has 3 heterocycles. The van der Waals surface area contributed by atoms with Crippen LogP contribution in [0.4, 0.5) is 5.82 Å². The third kappa shape index (κ3) is 2.57. The van der Waals surface area contributed by atoms with Crippen molar-refractivity contribution in [1.82, 2.24) is 20.2 Å². The molecule has 98 valence electrons. The predicted molar refractivity (Wildman–Crippen MR) is 80.0 cm³/mol. The Kier molecular flexibility index (Phi) is 3.65. The molecule has 0 unspecified atom stereocenters. The molecule has 0 bridgehead atoms. The molecule has 0 aliphatic heterocycles. The number of aromatic amines is 1. The molecule has 2 N–H and O–H groups in total. The van der Waals surface area contributed by atoms with Crippen LogP contribution in [0.25, 0.3) is 11.0 Å². The molecule has 0 spiro atoms. The van der Waals surface area contributed by atoms with Gasteiger partial charge in [0.2, 0.25) is 0 Å². The van der Waals surface area contributed by atoms with Gasteiger partial charge in [0.1, 0.15) is 17.2 Å². The summed E-state index contributed by atoms with van der Waals surface area (Å²) < 4.78 is 0. The molecular formula is C12H13N5S2. The van der Waals surface area contributed by atoms with E-state index in [1.807, 2.05) is 6.26 Å². The topological polar surface area (TPSA) is 66.5 Å². The van der Waals surface area contributed by atoms with Gasteiger partial charge in [-0.25, -0.2) is 9.97 Å². The number of fused-ring (bicyclic) bond motifs is 1. The van der Waals surface area contributed by atoms with Crippen LogP contribution in [0.1, 0.15) is 4.88 Å². The fourth-order valence-electron chi connectivity index (χ4n) is 1.87. The Bertz CT molecular complexity index is 662. The van der Waals surface area contributed by atoms with Crippen LogP contribution in [0.2, 0.25) is 0 Å². The number of H-pyrrole nitrogens is 1. The maximum atomic E-state index is 4.31. The van der Waals surface area contributed by atoms with Crippen molar-refractivity contribution in [2.75, 3.05) is 18.1 Å². The lowest BCUT2D eigenvalue weighted by atomic mass is 10.3. The highest BCUT2D eigenvalue weighted by Crippen LogP contribution is 2.27. The zero-order chi connectivity index (χ0) is 13.1. The third-order valence-corrected chi connectivity index (χ3v) is 4.38. The first-order valence-electron chi connectivity index (χ1n) is 5.88. The van der Waals surface area contributed by atoms with E-state index < -0.39 is 0 Å². The minimum absolute atomic E-state index is 0.776. The van der Waals surface area contributed by atoms with Crippen LogP contribution in [0.5, 0.6) is 0 Å². The van der Waals surface area contributed by atoms with Gasteiger partial charge in [-0.15, -0.1) is 23.1 Å². The van der Waals surface area contributed by atoms with Crippen LogP contribution >= 0.6 is 23.1 Å².